The number of thioether (sulfide) groups is 1. The van der Waals surface area contributed by atoms with Crippen LogP contribution in [0.5, 0.6) is 0 Å². The van der Waals surface area contributed by atoms with Gasteiger partial charge in [-0.15, -0.1) is 0 Å². The molecular weight excluding hydrogens is 540 g/mol. The van der Waals surface area contributed by atoms with E-state index in [1.54, 1.807) is 0 Å². The largest absolute Gasteiger partial charge is 0.460 e. The molecule has 0 saturated heterocycles. The predicted octanol–water partition coefficient (Wildman–Crippen LogP) is 8.02. The van der Waals surface area contributed by atoms with E-state index in [4.69, 9.17) is 11.6 Å². The fourth-order valence-corrected chi connectivity index (χ4v) is 5.97. The fourth-order valence-electron chi connectivity index (χ4n) is 2.26. The van der Waals surface area contributed by atoms with Crippen LogP contribution in [0.4, 0.5) is 30.7 Å². The SMILES string of the molecule is FC(F)(F)C(F)(F)C(F)(F)SC1(c2ccccc2Cl)C=C(Br)CC(Br)=C1. The maximum Gasteiger partial charge on any atom is 0.460 e. The second-order valence-corrected chi connectivity index (χ2v) is 9.16. The summed E-state index contributed by atoms with van der Waals surface area (Å²) in [6.45, 7) is 0. The van der Waals surface area contributed by atoms with Crippen LogP contribution in [0.15, 0.2) is 45.4 Å². The lowest BCUT2D eigenvalue weighted by Crippen LogP contribution is -2.51. The van der Waals surface area contributed by atoms with Gasteiger partial charge in [-0.2, -0.15) is 30.7 Å². The van der Waals surface area contributed by atoms with Crippen molar-refractivity contribution in [1.82, 2.24) is 0 Å². The first-order valence-electron chi connectivity index (χ1n) is 6.74. The molecule has 1 aliphatic carbocycles. The Morgan fingerprint density at radius 2 is 1.42 bits per heavy atom. The van der Waals surface area contributed by atoms with Crippen molar-refractivity contribution >= 4 is 55.2 Å². The Labute approximate surface area is 170 Å². The van der Waals surface area contributed by atoms with Crippen molar-refractivity contribution in [1.29, 1.82) is 0 Å². The molecule has 26 heavy (non-hydrogen) atoms. The number of halogens is 10. The monoisotopic (exact) mass is 546 g/mol. The average molecular weight is 549 g/mol. The highest BCUT2D eigenvalue weighted by molar-refractivity contribution is 9.12. The lowest BCUT2D eigenvalue weighted by molar-refractivity contribution is -0.330. The standard InChI is InChI=1S/C15H8Br2ClF7S/c16-8-5-9(17)7-12(6-8,10-3-1-2-4-11(10)18)26-15(24,25)13(19,20)14(21,22)23/h1-4,6-7H,5H2. The van der Waals surface area contributed by atoms with E-state index in [9.17, 15) is 30.7 Å². The van der Waals surface area contributed by atoms with Crippen molar-refractivity contribution < 1.29 is 30.7 Å². The Morgan fingerprint density at radius 1 is 0.923 bits per heavy atom. The number of allylic oxidation sites excluding steroid dienone is 2. The first kappa shape index (κ1) is 22.1. The summed E-state index contributed by atoms with van der Waals surface area (Å²) in [6, 6.07) is 5.52. The Balaban J connectivity index is 2.65. The van der Waals surface area contributed by atoms with E-state index in [2.05, 4.69) is 31.9 Å². The van der Waals surface area contributed by atoms with E-state index >= 15 is 0 Å². The van der Waals surface area contributed by atoms with Gasteiger partial charge < -0.3 is 0 Å². The first-order valence-corrected chi connectivity index (χ1v) is 9.52. The molecule has 144 valence electrons. The van der Waals surface area contributed by atoms with E-state index in [0.717, 1.165) is 12.2 Å². The molecule has 0 radical (unpaired) electrons. The highest BCUT2D eigenvalue weighted by Crippen LogP contribution is 2.60. The molecule has 2 rings (SSSR count). The van der Waals surface area contributed by atoms with Crippen LogP contribution in [0.25, 0.3) is 0 Å². The van der Waals surface area contributed by atoms with Gasteiger partial charge in [-0.1, -0.05) is 73.4 Å². The lowest BCUT2D eigenvalue weighted by atomic mass is 9.93. The summed E-state index contributed by atoms with van der Waals surface area (Å²) in [7, 11) is 0. The smallest absolute Gasteiger partial charge is 0.188 e. The van der Waals surface area contributed by atoms with E-state index in [-0.39, 0.29) is 17.0 Å². The molecule has 0 atom stereocenters. The summed E-state index contributed by atoms with van der Waals surface area (Å²) in [5, 5.41) is -5.52. The quantitative estimate of drug-likeness (QED) is 0.344. The van der Waals surface area contributed by atoms with E-state index in [1.165, 1.54) is 24.3 Å². The minimum Gasteiger partial charge on any atom is -0.188 e. The zero-order chi connectivity index (χ0) is 20.0. The summed E-state index contributed by atoms with van der Waals surface area (Å²) in [5.41, 5.74) is -0.0436. The van der Waals surface area contributed by atoms with Crippen molar-refractivity contribution in [3.8, 4) is 0 Å². The third-order valence-corrected chi connectivity index (χ3v) is 6.05. The van der Waals surface area contributed by atoms with Crippen LogP contribution >= 0.6 is 55.2 Å². The van der Waals surface area contributed by atoms with Gasteiger partial charge in [0.2, 0.25) is 0 Å². The van der Waals surface area contributed by atoms with Gasteiger partial charge in [-0.3, -0.25) is 0 Å². The zero-order valence-electron chi connectivity index (χ0n) is 12.4. The lowest BCUT2D eigenvalue weighted by Gasteiger charge is -2.37. The van der Waals surface area contributed by atoms with Crippen LogP contribution in [0, 0.1) is 0 Å². The normalized spacial score (nSPS) is 18.4. The van der Waals surface area contributed by atoms with Crippen molar-refractivity contribution in [2.24, 2.45) is 0 Å². The van der Waals surface area contributed by atoms with Gasteiger partial charge in [0.15, 0.2) is 0 Å². The highest BCUT2D eigenvalue weighted by Gasteiger charge is 2.74. The molecule has 0 aromatic heterocycles. The molecule has 0 nitrogen and oxygen atoms in total. The van der Waals surface area contributed by atoms with Crippen LogP contribution in [-0.4, -0.2) is 17.4 Å². The number of hydrogen-bond donors (Lipinski definition) is 0. The van der Waals surface area contributed by atoms with Gasteiger partial charge in [-0.05, 0) is 32.7 Å². The third kappa shape index (κ3) is 4.12. The van der Waals surface area contributed by atoms with Gasteiger partial charge >= 0.3 is 17.4 Å². The van der Waals surface area contributed by atoms with Crippen molar-refractivity contribution in [2.75, 3.05) is 0 Å². The number of alkyl halides is 7. The predicted molar refractivity (Wildman–Crippen MR) is 95.3 cm³/mol. The Bertz CT molecular complexity index is 741. The summed E-state index contributed by atoms with van der Waals surface area (Å²) in [6.07, 6.45) is -3.90. The van der Waals surface area contributed by atoms with Gasteiger partial charge in [0.1, 0.15) is 0 Å². The molecule has 1 aromatic carbocycles. The topological polar surface area (TPSA) is 0 Å². The first-order chi connectivity index (χ1) is 11.7. The third-order valence-electron chi connectivity index (χ3n) is 3.39. The summed E-state index contributed by atoms with van der Waals surface area (Å²) < 4.78 is 91.4. The molecule has 0 heterocycles. The Hall–Kier alpha value is -0.190. The second kappa shape index (κ2) is 7.33. The molecule has 0 unspecified atom stereocenters. The molecule has 11 heteroatoms. The van der Waals surface area contributed by atoms with Crippen molar-refractivity contribution in [3.05, 3.63) is 56.0 Å². The van der Waals surface area contributed by atoms with E-state index in [1.807, 2.05) is 0 Å². The zero-order valence-corrected chi connectivity index (χ0v) is 17.1. The number of benzene rings is 1. The summed E-state index contributed by atoms with van der Waals surface area (Å²) >= 11 is 11.4. The molecule has 0 amide bonds. The average Bonchev–Trinajstić information content (AvgIpc) is 2.44. The maximum absolute atomic E-state index is 14.2. The summed E-state index contributed by atoms with van der Waals surface area (Å²) in [4.78, 5) is 0. The molecular formula is C15H8Br2ClF7S. The van der Waals surface area contributed by atoms with Crippen LogP contribution in [0.1, 0.15) is 12.0 Å². The minimum atomic E-state index is -6.41. The summed E-state index contributed by atoms with van der Waals surface area (Å²) in [5.74, 6) is -6.24. The molecule has 1 aliphatic rings. The van der Waals surface area contributed by atoms with Crippen LogP contribution in [0.2, 0.25) is 5.02 Å². The number of hydrogen-bond acceptors (Lipinski definition) is 1. The molecule has 0 fully saturated rings. The van der Waals surface area contributed by atoms with Crippen molar-refractivity contribution in [2.45, 2.75) is 28.5 Å². The second-order valence-electron chi connectivity index (χ2n) is 5.32. The van der Waals surface area contributed by atoms with Crippen molar-refractivity contribution in [3.63, 3.8) is 0 Å². The van der Waals surface area contributed by atoms with Gasteiger partial charge in [0, 0.05) is 11.4 Å². The maximum atomic E-state index is 14.2. The van der Waals surface area contributed by atoms with Crippen LogP contribution in [0.3, 0.4) is 0 Å². The highest BCUT2D eigenvalue weighted by atomic mass is 79.9. The van der Waals surface area contributed by atoms with E-state index in [0.29, 0.717) is 8.96 Å². The van der Waals surface area contributed by atoms with Gasteiger partial charge in [0.25, 0.3) is 0 Å². The van der Waals surface area contributed by atoms with E-state index < -0.39 is 33.9 Å². The number of rotatable bonds is 4. The Morgan fingerprint density at radius 3 is 1.88 bits per heavy atom. The molecule has 0 N–H and O–H groups in total. The molecule has 0 saturated carbocycles. The molecule has 0 bridgehead atoms. The molecule has 1 aromatic rings. The minimum absolute atomic E-state index is 0.0436. The fraction of sp³-hybridized carbons (Fsp3) is 0.333. The van der Waals surface area contributed by atoms with Crippen LogP contribution < -0.4 is 0 Å². The molecule has 0 spiro atoms. The van der Waals surface area contributed by atoms with Crippen LogP contribution in [-0.2, 0) is 4.75 Å². The Kier molecular flexibility index (Phi) is 6.23. The molecule has 0 aliphatic heterocycles. The van der Waals surface area contributed by atoms with Gasteiger partial charge in [-0.25, -0.2) is 0 Å². The van der Waals surface area contributed by atoms with Gasteiger partial charge in [0.05, 0.1) is 4.75 Å².